The summed E-state index contributed by atoms with van der Waals surface area (Å²) in [7, 11) is 0. The molecule has 3 aliphatic rings. The standard InChI is InChI=1S/C27H37ClF2O2/c1-2-3-4-17-5-6-22-16-21(12-11-20(22)15-17)18-7-9-19(10-8-18)27(31)32-24-14-13-23(28)25(29)26(24)30/h13-14,17-22H,2-12,15-16H2,1H3. The lowest BCUT2D eigenvalue weighted by Gasteiger charge is -2.45. The van der Waals surface area contributed by atoms with Gasteiger partial charge in [0.05, 0.1) is 10.9 Å². The van der Waals surface area contributed by atoms with Crippen LogP contribution < -0.4 is 4.74 Å². The Bertz CT molecular complexity index is 790. The highest BCUT2D eigenvalue weighted by Gasteiger charge is 2.39. The number of fused-ring (bicyclic) bond motifs is 1. The molecule has 3 saturated carbocycles. The van der Waals surface area contributed by atoms with Crippen molar-refractivity contribution in [2.24, 2.45) is 35.5 Å². The van der Waals surface area contributed by atoms with Crippen molar-refractivity contribution in [2.75, 3.05) is 0 Å². The minimum atomic E-state index is -1.19. The molecule has 5 heteroatoms. The molecule has 0 saturated heterocycles. The highest BCUT2D eigenvalue weighted by atomic mass is 35.5. The Balaban J connectivity index is 1.24. The molecule has 0 radical (unpaired) electrons. The fraction of sp³-hybridized carbons (Fsp3) is 0.741. The van der Waals surface area contributed by atoms with Gasteiger partial charge in [0.1, 0.15) is 0 Å². The molecule has 1 aromatic rings. The van der Waals surface area contributed by atoms with E-state index in [1.165, 1.54) is 69.9 Å². The SMILES string of the molecule is CCCCC1CCC2CC(C3CCC(C(=O)Oc4ccc(Cl)c(F)c4F)CC3)CCC2C1. The Morgan fingerprint density at radius 3 is 2.25 bits per heavy atom. The van der Waals surface area contributed by atoms with Gasteiger partial charge < -0.3 is 4.74 Å². The third-order valence-corrected chi connectivity index (χ3v) is 9.00. The van der Waals surface area contributed by atoms with Crippen LogP contribution in [0.5, 0.6) is 5.75 Å². The van der Waals surface area contributed by atoms with Crippen LogP contribution in [-0.2, 0) is 4.79 Å². The van der Waals surface area contributed by atoms with Crippen molar-refractivity contribution in [1.29, 1.82) is 0 Å². The van der Waals surface area contributed by atoms with Gasteiger partial charge in [0.25, 0.3) is 0 Å². The Labute approximate surface area is 196 Å². The summed E-state index contributed by atoms with van der Waals surface area (Å²) in [5.41, 5.74) is 0. The zero-order chi connectivity index (χ0) is 22.7. The lowest BCUT2D eigenvalue weighted by atomic mass is 9.60. The highest BCUT2D eigenvalue weighted by molar-refractivity contribution is 6.30. The van der Waals surface area contributed by atoms with Crippen LogP contribution >= 0.6 is 11.6 Å². The molecule has 1 aromatic carbocycles. The first-order chi connectivity index (χ1) is 15.5. The molecule has 0 aromatic heterocycles. The first-order valence-corrected chi connectivity index (χ1v) is 13.2. The minimum absolute atomic E-state index is 0.227. The van der Waals surface area contributed by atoms with E-state index >= 15 is 0 Å². The Morgan fingerprint density at radius 2 is 1.53 bits per heavy atom. The van der Waals surface area contributed by atoms with E-state index < -0.39 is 17.6 Å². The molecule has 0 N–H and O–H groups in total. The number of rotatable bonds is 6. The zero-order valence-corrected chi connectivity index (χ0v) is 20.0. The molecule has 3 aliphatic carbocycles. The summed E-state index contributed by atoms with van der Waals surface area (Å²) in [5.74, 6) is 0.912. The number of ether oxygens (including phenoxy) is 1. The topological polar surface area (TPSA) is 26.3 Å². The molecule has 0 bridgehead atoms. The Hall–Kier alpha value is -1.16. The van der Waals surface area contributed by atoms with E-state index in [1.807, 2.05) is 0 Å². The van der Waals surface area contributed by atoms with E-state index in [0.29, 0.717) is 5.92 Å². The van der Waals surface area contributed by atoms with Crippen molar-refractivity contribution < 1.29 is 18.3 Å². The third kappa shape index (κ3) is 5.48. The monoisotopic (exact) mass is 466 g/mol. The lowest BCUT2D eigenvalue weighted by Crippen LogP contribution is -2.35. The van der Waals surface area contributed by atoms with Crippen LogP contribution in [0, 0.1) is 47.1 Å². The van der Waals surface area contributed by atoms with Gasteiger partial charge in [-0.05, 0) is 99.5 Å². The van der Waals surface area contributed by atoms with Crippen molar-refractivity contribution in [3.8, 4) is 5.75 Å². The van der Waals surface area contributed by atoms with Gasteiger partial charge >= 0.3 is 5.97 Å². The van der Waals surface area contributed by atoms with E-state index in [4.69, 9.17) is 16.3 Å². The molecular formula is C27H37ClF2O2. The van der Waals surface area contributed by atoms with Gasteiger partial charge in [-0.3, -0.25) is 4.79 Å². The van der Waals surface area contributed by atoms with Crippen LogP contribution in [0.3, 0.4) is 0 Å². The maximum atomic E-state index is 14.0. The summed E-state index contributed by atoms with van der Waals surface area (Å²) < 4.78 is 32.8. The van der Waals surface area contributed by atoms with Gasteiger partial charge in [0, 0.05) is 0 Å². The summed E-state index contributed by atoms with van der Waals surface area (Å²) in [4.78, 5) is 12.5. The second-order valence-corrected chi connectivity index (χ2v) is 11.0. The molecule has 0 aliphatic heterocycles. The van der Waals surface area contributed by atoms with Crippen molar-refractivity contribution in [2.45, 2.75) is 90.4 Å². The second-order valence-electron chi connectivity index (χ2n) is 10.6. The second kappa shape index (κ2) is 10.8. The molecule has 4 rings (SSSR count). The maximum absolute atomic E-state index is 14.0. The Morgan fingerprint density at radius 1 is 0.906 bits per heavy atom. The Kier molecular flexibility index (Phi) is 8.13. The van der Waals surface area contributed by atoms with E-state index in [2.05, 4.69) is 6.92 Å². The highest BCUT2D eigenvalue weighted by Crippen LogP contribution is 2.49. The molecule has 4 unspecified atom stereocenters. The van der Waals surface area contributed by atoms with Gasteiger partial charge in [-0.15, -0.1) is 0 Å². The van der Waals surface area contributed by atoms with Gasteiger partial charge in [-0.2, -0.15) is 4.39 Å². The van der Waals surface area contributed by atoms with Crippen LogP contribution in [0.1, 0.15) is 90.4 Å². The minimum Gasteiger partial charge on any atom is -0.423 e. The van der Waals surface area contributed by atoms with Crippen LogP contribution in [0.15, 0.2) is 12.1 Å². The van der Waals surface area contributed by atoms with Crippen molar-refractivity contribution in [1.82, 2.24) is 0 Å². The molecule has 2 nitrogen and oxygen atoms in total. The van der Waals surface area contributed by atoms with E-state index in [0.717, 1.165) is 49.4 Å². The smallest absolute Gasteiger partial charge is 0.314 e. The predicted octanol–water partition coefficient (Wildman–Crippen LogP) is 8.35. The molecule has 4 atom stereocenters. The first kappa shape index (κ1) is 24.0. The molecule has 3 fully saturated rings. The molecule has 0 heterocycles. The predicted molar refractivity (Wildman–Crippen MR) is 124 cm³/mol. The quantitative estimate of drug-likeness (QED) is 0.239. The number of halogens is 3. The molecule has 32 heavy (non-hydrogen) atoms. The summed E-state index contributed by atoms with van der Waals surface area (Å²) in [6.45, 7) is 2.29. The number of unbranched alkanes of at least 4 members (excludes halogenated alkanes) is 1. The largest absolute Gasteiger partial charge is 0.423 e. The molecule has 0 amide bonds. The van der Waals surface area contributed by atoms with Gasteiger partial charge in [0.15, 0.2) is 11.6 Å². The number of carbonyl (C=O) groups is 1. The van der Waals surface area contributed by atoms with Crippen molar-refractivity contribution >= 4 is 17.6 Å². The summed E-state index contributed by atoms with van der Waals surface area (Å²) in [5, 5.41) is -0.313. The van der Waals surface area contributed by atoms with E-state index in [-0.39, 0.29) is 16.7 Å². The number of benzene rings is 1. The zero-order valence-electron chi connectivity index (χ0n) is 19.3. The van der Waals surface area contributed by atoms with Crippen LogP contribution in [0.25, 0.3) is 0 Å². The van der Waals surface area contributed by atoms with E-state index in [1.54, 1.807) is 0 Å². The van der Waals surface area contributed by atoms with Gasteiger partial charge in [-0.1, -0.05) is 44.2 Å². The average Bonchev–Trinajstić information content (AvgIpc) is 2.82. The maximum Gasteiger partial charge on any atom is 0.314 e. The van der Waals surface area contributed by atoms with Crippen LogP contribution in [-0.4, -0.2) is 5.97 Å². The third-order valence-electron chi connectivity index (χ3n) is 8.71. The molecular weight excluding hydrogens is 430 g/mol. The first-order valence-electron chi connectivity index (χ1n) is 12.8. The summed E-state index contributed by atoms with van der Waals surface area (Å²) in [6.07, 6.45) is 16.2. The normalized spacial score (nSPS) is 32.9. The molecule has 178 valence electrons. The fourth-order valence-corrected chi connectivity index (χ4v) is 6.96. The van der Waals surface area contributed by atoms with E-state index in [9.17, 15) is 13.6 Å². The molecule has 0 spiro atoms. The summed E-state index contributed by atoms with van der Waals surface area (Å²) >= 11 is 5.58. The van der Waals surface area contributed by atoms with Crippen molar-refractivity contribution in [3.63, 3.8) is 0 Å². The van der Waals surface area contributed by atoms with Gasteiger partial charge in [0.2, 0.25) is 5.82 Å². The van der Waals surface area contributed by atoms with Crippen LogP contribution in [0.2, 0.25) is 5.02 Å². The number of carbonyl (C=O) groups excluding carboxylic acids is 1. The average molecular weight is 467 g/mol. The lowest BCUT2D eigenvalue weighted by molar-refractivity contribution is -0.140. The summed E-state index contributed by atoms with van der Waals surface area (Å²) in [6, 6.07) is 2.44. The number of hydrogen-bond acceptors (Lipinski definition) is 2. The van der Waals surface area contributed by atoms with Crippen molar-refractivity contribution in [3.05, 3.63) is 28.8 Å². The number of esters is 1. The van der Waals surface area contributed by atoms with Gasteiger partial charge in [-0.25, -0.2) is 4.39 Å². The fourth-order valence-electron chi connectivity index (χ4n) is 6.81. The van der Waals surface area contributed by atoms with Crippen LogP contribution in [0.4, 0.5) is 8.78 Å². The number of hydrogen-bond donors (Lipinski definition) is 0.